The first-order valence-electron chi connectivity index (χ1n) is 22.9. The fourth-order valence-electron chi connectivity index (χ4n) is 7.39. The summed E-state index contributed by atoms with van der Waals surface area (Å²) < 4.78 is 11.2. The molecule has 1 rings (SSSR count). The molecule has 7 atom stereocenters. The van der Waals surface area contributed by atoms with E-state index in [-0.39, 0.29) is 12.5 Å². The zero-order chi connectivity index (χ0) is 39.5. The second kappa shape index (κ2) is 36.3. The number of carbonyl (C=O) groups is 1. The van der Waals surface area contributed by atoms with E-state index in [0.29, 0.717) is 6.42 Å². The Morgan fingerprint density at radius 3 is 1.44 bits per heavy atom. The summed E-state index contributed by atoms with van der Waals surface area (Å²) in [6, 6.07) is -0.796. The predicted molar refractivity (Wildman–Crippen MR) is 221 cm³/mol. The number of hydrogen-bond donors (Lipinski definition) is 6. The third-order valence-electron chi connectivity index (χ3n) is 11.1. The van der Waals surface area contributed by atoms with Crippen molar-refractivity contribution in [3.8, 4) is 0 Å². The lowest BCUT2D eigenvalue weighted by molar-refractivity contribution is -0.302. The van der Waals surface area contributed by atoms with Gasteiger partial charge in [-0.25, -0.2) is 0 Å². The van der Waals surface area contributed by atoms with Gasteiger partial charge in [0.05, 0.1) is 25.4 Å². The van der Waals surface area contributed by atoms with Crippen LogP contribution >= 0.6 is 0 Å². The van der Waals surface area contributed by atoms with Gasteiger partial charge in [0.15, 0.2) is 6.29 Å². The molecule has 320 valence electrons. The maximum atomic E-state index is 12.9. The number of rotatable bonds is 38. The average molecular weight is 770 g/mol. The van der Waals surface area contributed by atoms with E-state index < -0.39 is 49.5 Å². The minimum atomic E-state index is -1.56. The Labute approximate surface area is 331 Å². The van der Waals surface area contributed by atoms with E-state index >= 15 is 0 Å². The first-order chi connectivity index (χ1) is 26.3. The van der Waals surface area contributed by atoms with Gasteiger partial charge in [-0.1, -0.05) is 199 Å². The highest BCUT2D eigenvalue weighted by Gasteiger charge is 2.44. The van der Waals surface area contributed by atoms with E-state index in [9.17, 15) is 30.3 Å². The molecule has 1 aliphatic heterocycles. The van der Waals surface area contributed by atoms with Crippen molar-refractivity contribution >= 4 is 5.91 Å². The molecule has 1 saturated heterocycles. The predicted octanol–water partition coefficient (Wildman–Crippen LogP) is 9.34. The topological polar surface area (TPSA) is 149 Å². The SMILES string of the molecule is CCCCCCCCC/C=C/C(O)C(COC1OC(CO)C(O)C(O)C1O)NC(=O)CCCCCCCCCCCCCCCCCCCCCCCC. The standard InChI is InChI=1S/C45H87NO8/c1-3-5-7-9-11-13-14-15-16-17-18-19-20-21-22-23-24-25-27-29-31-33-35-41(49)46-38(39(48)34-32-30-28-26-12-10-8-6-4-2)37-53-45-44(52)43(51)42(50)40(36-47)54-45/h32,34,38-40,42-45,47-48,50-52H,3-31,33,35-37H2,1-2H3,(H,46,49)/b34-32+. The number of aliphatic hydroxyl groups is 5. The second-order valence-electron chi connectivity index (χ2n) is 16.2. The molecule has 1 amide bonds. The fourth-order valence-corrected chi connectivity index (χ4v) is 7.39. The Bertz CT molecular complexity index is 858. The number of nitrogens with one attached hydrogen (secondary N) is 1. The molecule has 1 fully saturated rings. The molecule has 7 unspecified atom stereocenters. The average Bonchev–Trinajstić information content (AvgIpc) is 3.17. The van der Waals surface area contributed by atoms with Gasteiger partial charge >= 0.3 is 0 Å². The van der Waals surface area contributed by atoms with Crippen LogP contribution in [0.4, 0.5) is 0 Å². The molecule has 9 heteroatoms. The highest BCUT2D eigenvalue weighted by atomic mass is 16.7. The minimum Gasteiger partial charge on any atom is -0.394 e. The number of amides is 1. The lowest BCUT2D eigenvalue weighted by Crippen LogP contribution is -2.60. The summed E-state index contributed by atoms with van der Waals surface area (Å²) in [6.45, 7) is 3.75. The van der Waals surface area contributed by atoms with Crippen molar-refractivity contribution in [3.63, 3.8) is 0 Å². The molecule has 0 radical (unpaired) electrons. The Morgan fingerprint density at radius 1 is 0.611 bits per heavy atom. The molecule has 6 N–H and O–H groups in total. The highest BCUT2D eigenvalue weighted by molar-refractivity contribution is 5.76. The Morgan fingerprint density at radius 2 is 1.02 bits per heavy atom. The summed E-state index contributed by atoms with van der Waals surface area (Å²) in [5.74, 6) is -0.176. The van der Waals surface area contributed by atoms with Crippen LogP contribution in [0.2, 0.25) is 0 Å². The molecule has 0 spiro atoms. The number of aliphatic hydroxyl groups excluding tert-OH is 5. The van der Waals surface area contributed by atoms with Crippen molar-refractivity contribution in [2.75, 3.05) is 13.2 Å². The van der Waals surface area contributed by atoms with Crippen LogP contribution in [0.1, 0.15) is 213 Å². The van der Waals surface area contributed by atoms with E-state index in [0.717, 1.165) is 38.5 Å². The smallest absolute Gasteiger partial charge is 0.220 e. The van der Waals surface area contributed by atoms with Crippen molar-refractivity contribution in [2.24, 2.45) is 0 Å². The van der Waals surface area contributed by atoms with E-state index in [1.54, 1.807) is 6.08 Å². The van der Waals surface area contributed by atoms with Crippen LogP contribution in [0.25, 0.3) is 0 Å². The summed E-state index contributed by atoms with van der Waals surface area (Å²) in [5, 5.41) is 54.0. The zero-order valence-corrected chi connectivity index (χ0v) is 35.0. The van der Waals surface area contributed by atoms with Crippen LogP contribution in [-0.2, 0) is 14.3 Å². The van der Waals surface area contributed by atoms with Gasteiger partial charge in [-0.3, -0.25) is 4.79 Å². The maximum Gasteiger partial charge on any atom is 0.220 e. The largest absolute Gasteiger partial charge is 0.394 e. The third kappa shape index (κ3) is 26.7. The van der Waals surface area contributed by atoms with Gasteiger partial charge in [-0.15, -0.1) is 0 Å². The monoisotopic (exact) mass is 770 g/mol. The highest BCUT2D eigenvalue weighted by Crippen LogP contribution is 2.23. The molecule has 1 aliphatic rings. The molecule has 0 aromatic rings. The van der Waals surface area contributed by atoms with Gasteiger partial charge in [-0.2, -0.15) is 0 Å². The molecule has 9 nitrogen and oxygen atoms in total. The van der Waals surface area contributed by atoms with E-state index in [1.165, 1.54) is 154 Å². The van der Waals surface area contributed by atoms with Crippen LogP contribution in [-0.4, -0.2) is 87.5 Å². The Kier molecular flexibility index (Phi) is 34.2. The minimum absolute atomic E-state index is 0.176. The van der Waals surface area contributed by atoms with Crippen LogP contribution in [0, 0.1) is 0 Å². The van der Waals surface area contributed by atoms with Crippen LogP contribution < -0.4 is 5.32 Å². The van der Waals surface area contributed by atoms with Gasteiger partial charge in [0.2, 0.25) is 5.91 Å². The molecule has 0 bridgehead atoms. The molecular formula is C45H87NO8. The summed E-state index contributed by atoms with van der Waals surface area (Å²) in [5.41, 5.74) is 0. The Balaban J connectivity index is 2.23. The summed E-state index contributed by atoms with van der Waals surface area (Å²) in [7, 11) is 0. The molecule has 0 saturated carbocycles. The van der Waals surface area contributed by atoms with Gasteiger partial charge in [0.25, 0.3) is 0 Å². The normalized spacial score (nSPS) is 21.5. The Hall–Kier alpha value is -1.07. The molecule has 0 aromatic heterocycles. The number of unbranched alkanes of at least 4 members (excludes halogenated alkanes) is 28. The second-order valence-corrected chi connectivity index (χ2v) is 16.2. The van der Waals surface area contributed by atoms with Crippen molar-refractivity contribution in [1.82, 2.24) is 5.32 Å². The number of ether oxygens (including phenoxy) is 2. The van der Waals surface area contributed by atoms with Crippen LogP contribution in [0.3, 0.4) is 0 Å². The molecule has 0 aromatic carbocycles. The number of hydrogen-bond acceptors (Lipinski definition) is 8. The third-order valence-corrected chi connectivity index (χ3v) is 11.1. The number of allylic oxidation sites excluding steroid dienone is 1. The molecule has 54 heavy (non-hydrogen) atoms. The molecule has 0 aliphatic carbocycles. The molecular weight excluding hydrogens is 682 g/mol. The lowest BCUT2D eigenvalue weighted by Gasteiger charge is -2.40. The van der Waals surface area contributed by atoms with Crippen molar-refractivity contribution in [3.05, 3.63) is 12.2 Å². The fraction of sp³-hybridized carbons (Fsp3) is 0.933. The van der Waals surface area contributed by atoms with E-state index in [1.807, 2.05) is 6.08 Å². The van der Waals surface area contributed by atoms with Crippen molar-refractivity contribution < 1.29 is 39.8 Å². The van der Waals surface area contributed by atoms with Crippen LogP contribution in [0.15, 0.2) is 12.2 Å². The van der Waals surface area contributed by atoms with Gasteiger partial charge < -0.3 is 40.3 Å². The quantitative estimate of drug-likeness (QED) is 0.0269. The van der Waals surface area contributed by atoms with Gasteiger partial charge in [0, 0.05) is 6.42 Å². The first kappa shape index (κ1) is 50.9. The van der Waals surface area contributed by atoms with Crippen LogP contribution in [0.5, 0.6) is 0 Å². The van der Waals surface area contributed by atoms with E-state index in [4.69, 9.17) is 9.47 Å². The summed E-state index contributed by atoms with van der Waals surface area (Å²) >= 11 is 0. The number of carbonyl (C=O) groups excluding carboxylic acids is 1. The summed E-state index contributed by atoms with van der Waals surface area (Å²) in [4.78, 5) is 12.9. The lowest BCUT2D eigenvalue weighted by atomic mass is 9.99. The zero-order valence-electron chi connectivity index (χ0n) is 35.0. The maximum absolute atomic E-state index is 12.9. The van der Waals surface area contributed by atoms with Crippen molar-refractivity contribution in [2.45, 2.75) is 256 Å². The first-order valence-corrected chi connectivity index (χ1v) is 22.9. The summed E-state index contributed by atoms with van der Waals surface area (Å²) in [6.07, 6.45) is 34.2. The van der Waals surface area contributed by atoms with E-state index in [2.05, 4.69) is 19.2 Å². The molecule has 1 heterocycles. The van der Waals surface area contributed by atoms with Crippen molar-refractivity contribution in [1.29, 1.82) is 0 Å². The van der Waals surface area contributed by atoms with Gasteiger partial charge in [0.1, 0.15) is 24.4 Å². The van der Waals surface area contributed by atoms with Gasteiger partial charge in [-0.05, 0) is 19.3 Å².